The lowest BCUT2D eigenvalue weighted by Crippen LogP contribution is -2.25. The van der Waals surface area contributed by atoms with E-state index >= 15 is 0 Å². The topological polar surface area (TPSA) is 98.6 Å². The predicted molar refractivity (Wildman–Crippen MR) is 100 cm³/mol. The summed E-state index contributed by atoms with van der Waals surface area (Å²) in [5, 5.41) is 11.1. The van der Waals surface area contributed by atoms with E-state index < -0.39 is 12.1 Å². The van der Waals surface area contributed by atoms with Crippen molar-refractivity contribution in [3.05, 3.63) is 22.7 Å². The highest BCUT2D eigenvalue weighted by Crippen LogP contribution is 2.37. The Kier molecular flexibility index (Phi) is 7.28. The number of benzene rings is 1. The summed E-state index contributed by atoms with van der Waals surface area (Å²) >= 11 is 7.55. The lowest BCUT2D eigenvalue weighted by molar-refractivity contribution is -0.147. The number of hydrogen-bond donors (Lipinski definition) is 1. The summed E-state index contributed by atoms with van der Waals surface area (Å²) in [5.74, 6) is 0.314. The summed E-state index contributed by atoms with van der Waals surface area (Å²) < 4.78 is 15.8. The third-order valence-electron chi connectivity index (χ3n) is 3.10. The van der Waals surface area contributed by atoms with E-state index in [1.54, 1.807) is 19.1 Å². The Hall–Kier alpha value is -2.26. The van der Waals surface area contributed by atoms with Gasteiger partial charge in [0.15, 0.2) is 22.8 Å². The maximum absolute atomic E-state index is 11.6. The zero-order valence-corrected chi connectivity index (χ0v) is 16.0. The number of thioether (sulfide) groups is 1. The van der Waals surface area contributed by atoms with Crippen LogP contribution < -0.4 is 14.8 Å². The molecule has 1 aliphatic heterocycles. The van der Waals surface area contributed by atoms with Gasteiger partial charge >= 0.3 is 5.97 Å². The number of amides is 1. The van der Waals surface area contributed by atoms with E-state index in [1.807, 2.05) is 6.92 Å². The van der Waals surface area contributed by atoms with Crippen molar-refractivity contribution < 1.29 is 23.8 Å². The van der Waals surface area contributed by atoms with Crippen molar-refractivity contribution in [1.29, 1.82) is 0 Å². The molecule has 8 nitrogen and oxygen atoms in total. The van der Waals surface area contributed by atoms with Crippen LogP contribution >= 0.6 is 23.4 Å². The van der Waals surface area contributed by atoms with Gasteiger partial charge in [-0.25, -0.2) is 4.79 Å². The average molecular weight is 400 g/mol. The minimum Gasteiger partial charge on any atom is -0.490 e. The number of amidine groups is 1. The Balaban J connectivity index is 2.21. The van der Waals surface area contributed by atoms with Gasteiger partial charge in [0.2, 0.25) is 5.91 Å². The molecule has 1 N–H and O–H groups in total. The summed E-state index contributed by atoms with van der Waals surface area (Å²) in [4.78, 5) is 22.7. The maximum atomic E-state index is 11.6. The fourth-order valence-electron chi connectivity index (χ4n) is 1.96. The monoisotopic (exact) mass is 399 g/mol. The van der Waals surface area contributed by atoms with Crippen molar-refractivity contribution in [1.82, 2.24) is 5.32 Å². The molecule has 26 heavy (non-hydrogen) atoms. The zero-order chi connectivity index (χ0) is 19.1. The predicted octanol–water partition coefficient (Wildman–Crippen LogP) is 2.23. The second-order valence-corrected chi connectivity index (χ2v) is 6.40. The van der Waals surface area contributed by atoms with Crippen molar-refractivity contribution in [2.75, 3.05) is 19.5 Å². The second kappa shape index (κ2) is 9.44. The summed E-state index contributed by atoms with van der Waals surface area (Å²) in [6.07, 6.45) is 0.630. The first kappa shape index (κ1) is 20.1. The van der Waals surface area contributed by atoms with Gasteiger partial charge in [-0.3, -0.25) is 4.79 Å². The first-order chi connectivity index (χ1) is 12.4. The molecule has 2 rings (SSSR count). The van der Waals surface area contributed by atoms with Gasteiger partial charge in [-0.2, -0.15) is 5.10 Å². The molecule has 1 heterocycles. The fourth-order valence-corrected chi connectivity index (χ4v) is 2.85. The third kappa shape index (κ3) is 5.37. The Morgan fingerprint density at radius 3 is 2.88 bits per heavy atom. The fraction of sp³-hybridized carbons (Fsp3) is 0.375. The van der Waals surface area contributed by atoms with Crippen LogP contribution in [-0.4, -0.2) is 48.8 Å². The van der Waals surface area contributed by atoms with Gasteiger partial charge in [0.05, 0.1) is 30.7 Å². The first-order valence-corrected chi connectivity index (χ1v) is 9.05. The van der Waals surface area contributed by atoms with E-state index in [4.69, 9.17) is 21.1 Å². The normalized spacial score (nSPS) is 16.6. The first-order valence-electron chi connectivity index (χ1n) is 7.69. The molecule has 0 aromatic heterocycles. The van der Waals surface area contributed by atoms with Gasteiger partial charge < -0.3 is 19.5 Å². The molecule has 0 spiro atoms. The van der Waals surface area contributed by atoms with Crippen LogP contribution in [0.15, 0.2) is 22.3 Å². The second-order valence-electron chi connectivity index (χ2n) is 5.03. The number of carbonyl (C=O) groups excluding carboxylic acids is 2. The van der Waals surface area contributed by atoms with Crippen LogP contribution in [0.2, 0.25) is 5.02 Å². The van der Waals surface area contributed by atoms with E-state index in [1.165, 1.54) is 25.1 Å². The lowest BCUT2D eigenvalue weighted by Gasteiger charge is -2.17. The molecule has 1 saturated heterocycles. The summed E-state index contributed by atoms with van der Waals surface area (Å²) in [6, 6.07) is 3.27. The number of methoxy groups -OCH3 is 1. The largest absolute Gasteiger partial charge is 0.490 e. The van der Waals surface area contributed by atoms with Crippen molar-refractivity contribution in [3.8, 4) is 11.5 Å². The molecule has 1 amide bonds. The van der Waals surface area contributed by atoms with Gasteiger partial charge in [-0.15, -0.1) is 5.10 Å². The Bertz CT molecular complexity index is 754. The number of nitrogens with one attached hydrogen (secondary N) is 1. The van der Waals surface area contributed by atoms with Crippen LogP contribution in [0.1, 0.15) is 19.4 Å². The molecule has 0 aliphatic carbocycles. The minimum atomic E-state index is -0.842. The molecule has 10 heteroatoms. The van der Waals surface area contributed by atoms with Gasteiger partial charge in [0, 0.05) is 5.56 Å². The van der Waals surface area contributed by atoms with Crippen molar-refractivity contribution in [2.24, 2.45) is 10.2 Å². The Morgan fingerprint density at radius 2 is 2.27 bits per heavy atom. The van der Waals surface area contributed by atoms with Crippen LogP contribution in [-0.2, 0) is 14.3 Å². The standard InChI is InChI=1S/C16H18ClN3O5S/c1-4-24-12-6-10(7-18-20-16-19-13(21)8-26-16)5-11(17)14(12)25-9(2)15(22)23-3/h5-7,9H,4,8H2,1-3H3,(H,19,20,21). The molecule has 0 bridgehead atoms. The molecule has 1 aromatic rings. The van der Waals surface area contributed by atoms with Gasteiger partial charge in [-0.1, -0.05) is 23.4 Å². The molecule has 0 saturated carbocycles. The minimum absolute atomic E-state index is 0.105. The van der Waals surface area contributed by atoms with Gasteiger partial charge in [-0.05, 0) is 26.0 Å². The molecule has 1 aromatic carbocycles. The Morgan fingerprint density at radius 1 is 1.50 bits per heavy atom. The molecule has 1 aliphatic rings. The zero-order valence-electron chi connectivity index (χ0n) is 14.4. The number of carbonyl (C=O) groups is 2. The van der Waals surface area contributed by atoms with Crippen molar-refractivity contribution >= 4 is 46.6 Å². The van der Waals surface area contributed by atoms with Gasteiger partial charge in [0.25, 0.3) is 0 Å². The summed E-state index contributed by atoms with van der Waals surface area (Å²) in [5.41, 5.74) is 0.621. The summed E-state index contributed by atoms with van der Waals surface area (Å²) in [6.45, 7) is 3.75. The van der Waals surface area contributed by atoms with Crippen LogP contribution in [0.3, 0.4) is 0 Å². The van der Waals surface area contributed by atoms with Crippen LogP contribution in [0.5, 0.6) is 11.5 Å². The van der Waals surface area contributed by atoms with Crippen LogP contribution in [0.25, 0.3) is 0 Å². The number of nitrogens with zero attached hydrogens (tertiary/aromatic N) is 2. The van der Waals surface area contributed by atoms with E-state index in [2.05, 4.69) is 20.3 Å². The van der Waals surface area contributed by atoms with Crippen LogP contribution in [0, 0.1) is 0 Å². The molecule has 1 atom stereocenters. The molecular weight excluding hydrogens is 382 g/mol. The number of hydrogen-bond acceptors (Lipinski definition) is 8. The van der Waals surface area contributed by atoms with Gasteiger partial charge in [0.1, 0.15) is 0 Å². The van der Waals surface area contributed by atoms with E-state index in [0.717, 1.165) is 0 Å². The third-order valence-corrected chi connectivity index (χ3v) is 4.25. The number of esters is 1. The van der Waals surface area contributed by atoms with Crippen molar-refractivity contribution in [3.63, 3.8) is 0 Å². The molecule has 140 valence electrons. The summed E-state index contributed by atoms with van der Waals surface area (Å²) in [7, 11) is 1.28. The highest BCUT2D eigenvalue weighted by molar-refractivity contribution is 8.15. The quantitative estimate of drug-likeness (QED) is 0.429. The van der Waals surface area contributed by atoms with E-state index in [9.17, 15) is 9.59 Å². The molecule has 1 unspecified atom stereocenters. The van der Waals surface area contributed by atoms with Crippen molar-refractivity contribution in [2.45, 2.75) is 20.0 Å². The molecule has 0 radical (unpaired) electrons. The number of rotatable bonds is 7. The smallest absolute Gasteiger partial charge is 0.346 e. The lowest BCUT2D eigenvalue weighted by atomic mass is 10.2. The SMILES string of the molecule is CCOc1cc(C=NN=C2NC(=O)CS2)cc(Cl)c1OC(C)C(=O)OC. The number of ether oxygens (including phenoxy) is 3. The average Bonchev–Trinajstić information content (AvgIpc) is 3.02. The molecular formula is C16H18ClN3O5S. The van der Waals surface area contributed by atoms with E-state index in [0.29, 0.717) is 28.8 Å². The van der Waals surface area contributed by atoms with E-state index in [-0.39, 0.29) is 16.7 Å². The van der Waals surface area contributed by atoms with Crippen LogP contribution in [0.4, 0.5) is 0 Å². The highest BCUT2D eigenvalue weighted by Gasteiger charge is 2.20. The Labute approximate surface area is 159 Å². The molecule has 1 fully saturated rings. The maximum Gasteiger partial charge on any atom is 0.346 e. The number of halogens is 1. The highest BCUT2D eigenvalue weighted by atomic mass is 35.5.